The van der Waals surface area contributed by atoms with Crippen LogP contribution in [0.4, 0.5) is 0 Å². The molecule has 0 aliphatic carbocycles. The van der Waals surface area contributed by atoms with Gasteiger partial charge < -0.3 is 14.4 Å². The zero-order chi connectivity index (χ0) is 21.1. The number of ether oxygens (including phenoxy) is 2. The molecule has 6 nitrogen and oxygen atoms in total. The number of aromatic nitrogens is 2. The van der Waals surface area contributed by atoms with E-state index in [0.717, 1.165) is 23.2 Å². The first-order chi connectivity index (χ1) is 14.5. The summed E-state index contributed by atoms with van der Waals surface area (Å²) in [6.45, 7) is 4.26. The molecule has 156 valence electrons. The van der Waals surface area contributed by atoms with Crippen molar-refractivity contribution in [1.29, 1.82) is 0 Å². The van der Waals surface area contributed by atoms with Gasteiger partial charge >= 0.3 is 0 Å². The summed E-state index contributed by atoms with van der Waals surface area (Å²) in [6.07, 6.45) is 0.784. The Labute approximate surface area is 177 Å². The quantitative estimate of drug-likeness (QED) is 0.628. The normalized spacial score (nSPS) is 13.2. The lowest BCUT2D eigenvalue weighted by Gasteiger charge is -2.28. The zero-order valence-electron chi connectivity index (χ0n) is 17.7. The monoisotopic (exact) mass is 405 g/mol. The van der Waals surface area contributed by atoms with Gasteiger partial charge in [-0.3, -0.25) is 9.48 Å². The van der Waals surface area contributed by atoms with E-state index in [-0.39, 0.29) is 5.91 Å². The van der Waals surface area contributed by atoms with Crippen molar-refractivity contribution in [3.8, 4) is 5.75 Å². The predicted octanol–water partition coefficient (Wildman–Crippen LogP) is 3.65. The molecule has 6 heteroatoms. The standard InChI is InChI=1S/C24H27N3O3/c1-17-7-9-18(10-8-17)15-30-16-22-21-14-27(12-11-23(21)26(2)25-22)24(28)19-5-4-6-20(13-19)29-3/h4-10,13H,11-12,14-16H2,1-3H3. The van der Waals surface area contributed by atoms with Crippen LogP contribution in [0.1, 0.15) is 38.4 Å². The Morgan fingerprint density at radius 2 is 1.93 bits per heavy atom. The number of methoxy groups -OCH3 is 1. The van der Waals surface area contributed by atoms with Crippen LogP contribution in [0.3, 0.4) is 0 Å². The highest BCUT2D eigenvalue weighted by atomic mass is 16.5. The Kier molecular flexibility index (Phi) is 5.86. The van der Waals surface area contributed by atoms with Gasteiger partial charge in [0.15, 0.2) is 0 Å². The van der Waals surface area contributed by atoms with Crippen molar-refractivity contribution in [1.82, 2.24) is 14.7 Å². The van der Waals surface area contributed by atoms with E-state index in [2.05, 4.69) is 36.3 Å². The van der Waals surface area contributed by atoms with Crippen LogP contribution in [0, 0.1) is 6.92 Å². The summed E-state index contributed by atoms with van der Waals surface area (Å²) in [5.74, 6) is 0.694. The van der Waals surface area contributed by atoms with Gasteiger partial charge in [0.1, 0.15) is 5.75 Å². The van der Waals surface area contributed by atoms with Gasteiger partial charge in [0.05, 0.1) is 26.0 Å². The Morgan fingerprint density at radius 3 is 2.70 bits per heavy atom. The van der Waals surface area contributed by atoms with E-state index in [4.69, 9.17) is 9.47 Å². The number of hydrogen-bond donors (Lipinski definition) is 0. The van der Waals surface area contributed by atoms with Gasteiger partial charge in [-0.25, -0.2) is 0 Å². The molecule has 0 bridgehead atoms. The SMILES string of the molecule is COc1cccc(C(=O)N2CCc3c(c(COCc4ccc(C)cc4)nn3C)C2)c1. The number of nitrogens with zero attached hydrogens (tertiary/aromatic N) is 3. The first-order valence-electron chi connectivity index (χ1n) is 10.2. The molecule has 3 aromatic rings. The minimum atomic E-state index is 0.00919. The largest absolute Gasteiger partial charge is 0.497 e. The van der Waals surface area contributed by atoms with Gasteiger partial charge in [-0.1, -0.05) is 35.9 Å². The van der Waals surface area contributed by atoms with Crippen LogP contribution in [-0.2, 0) is 38.0 Å². The van der Waals surface area contributed by atoms with Crippen LogP contribution in [-0.4, -0.2) is 34.2 Å². The fraction of sp³-hybridized carbons (Fsp3) is 0.333. The Bertz CT molecular complexity index is 1040. The molecule has 1 aromatic heterocycles. The number of hydrogen-bond acceptors (Lipinski definition) is 4. The topological polar surface area (TPSA) is 56.6 Å². The lowest BCUT2D eigenvalue weighted by Crippen LogP contribution is -2.36. The highest BCUT2D eigenvalue weighted by molar-refractivity contribution is 5.94. The van der Waals surface area contributed by atoms with Crippen molar-refractivity contribution in [2.45, 2.75) is 33.1 Å². The maximum atomic E-state index is 13.0. The number of fused-ring (bicyclic) bond motifs is 1. The molecule has 0 atom stereocenters. The second-order valence-corrected chi connectivity index (χ2v) is 7.68. The highest BCUT2D eigenvalue weighted by Crippen LogP contribution is 2.25. The van der Waals surface area contributed by atoms with E-state index < -0.39 is 0 Å². The number of rotatable bonds is 6. The predicted molar refractivity (Wildman–Crippen MR) is 114 cm³/mol. The fourth-order valence-electron chi connectivity index (χ4n) is 3.85. The number of benzene rings is 2. The maximum absolute atomic E-state index is 13.0. The number of amides is 1. The molecule has 0 saturated carbocycles. The van der Waals surface area contributed by atoms with Crippen molar-refractivity contribution in [2.75, 3.05) is 13.7 Å². The molecule has 2 aromatic carbocycles. The third-order valence-electron chi connectivity index (χ3n) is 5.56. The maximum Gasteiger partial charge on any atom is 0.254 e. The summed E-state index contributed by atoms with van der Waals surface area (Å²) in [4.78, 5) is 14.9. The molecule has 1 amide bonds. The fourth-order valence-corrected chi connectivity index (χ4v) is 3.85. The number of aryl methyl sites for hydroxylation is 2. The lowest BCUT2D eigenvalue weighted by atomic mass is 10.0. The molecular formula is C24H27N3O3. The summed E-state index contributed by atoms with van der Waals surface area (Å²) >= 11 is 0. The minimum absolute atomic E-state index is 0.00919. The summed E-state index contributed by atoms with van der Waals surface area (Å²) in [6, 6.07) is 15.6. The Hall–Kier alpha value is -3.12. The van der Waals surface area contributed by atoms with Crippen LogP contribution in [0.15, 0.2) is 48.5 Å². The van der Waals surface area contributed by atoms with Crippen molar-refractivity contribution in [2.24, 2.45) is 7.05 Å². The first kappa shape index (κ1) is 20.2. The van der Waals surface area contributed by atoms with Crippen LogP contribution >= 0.6 is 0 Å². The zero-order valence-corrected chi connectivity index (χ0v) is 17.7. The molecule has 2 heterocycles. The Morgan fingerprint density at radius 1 is 1.13 bits per heavy atom. The smallest absolute Gasteiger partial charge is 0.254 e. The number of carbonyl (C=O) groups is 1. The third-order valence-corrected chi connectivity index (χ3v) is 5.56. The summed E-state index contributed by atoms with van der Waals surface area (Å²) in [7, 11) is 3.57. The van der Waals surface area contributed by atoms with Gasteiger partial charge in [0, 0.05) is 43.4 Å². The van der Waals surface area contributed by atoms with Crippen molar-refractivity contribution < 1.29 is 14.3 Å². The Balaban J connectivity index is 1.45. The van der Waals surface area contributed by atoms with Gasteiger partial charge in [-0.15, -0.1) is 0 Å². The van der Waals surface area contributed by atoms with E-state index in [1.54, 1.807) is 13.2 Å². The van der Waals surface area contributed by atoms with Crippen molar-refractivity contribution >= 4 is 5.91 Å². The van der Waals surface area contributed by atoms with E-state index in [0.29, 0.717) is 37.6 Å². The molecule has 0 fully saturated rings. The molecule has 4 rings (SSSR count). The van der Waals surface area contributed by atoms with Crippen LogP contribution in [0.25, 0.3) is 0 Å². The van der Waals surface area contributed by atoms with E-state index in [1.165, 1.54) is 11.3 Å². The highest BCUT2D eigenvalue weighted by Gasteiger charge is 2.27. The van der Waals surface area contributed by atoms with Crippen LogP contribution < -0.4 is 4.74 Å². The molecule has 1 aliphatic heterocycles. The summed E-state index contributed by atoms with van der Waals surface area (Å²) < 4.78 is 13.1. The van der Waals surface area contributed by atoms with E-state index in [9.17, 15) is 4.79 Å². The summed E-state index contributed by atoms with van der Waals surface area (Å²) in [5, 5.41) is 4.67. The average molecular weight is 405 g/mol. The van der Waals surface area contributed by atoms with Gasteiger partial charge in [-0.2, -0.15) is 5.10 Å². The van der Waals surface area contributed by atoms with Crippen molar-refractivity contribution in [3.63, 3.8) is 0 Å². The summed E-state index contributed by atoms with van der Waals surface area (Å²) in [5.41, 5.74) is 6.20. The molecular weight excluding hydrogens is 378 g/mol. The van der Waals surface area contributed by atoms with E-state index in [1.807, 2.05) is 34.8 Å². The molecule has 1 aliphatic rings. The minimum Gasteiger partial charge on any atom is -0.497 e. The second kappa shape index (κ2) is 8.71. The molecule has 0 unspecified atom stereocenters. The molecule has 0 saturated heterocycles. The lowest BCUT2D eigenvalue weighted by molar-refractivity contribution is 0.0727. The molecule has 0 spiro atoms. The van der Waals surface area contributed by atoms with Crippen LogP contribution in [0.5, 0.6) is 5.75 Å². The number of carbonyl (C=O) groups excluding carboxylic acids is 1. The van der Waals surface area contributed by atoms with Gasteiger partial charge in [-0.05, 0) is 30.7 Å². The molecule has 30 heavy (non-hydrogen) atoms. The van der Waals surface area contributed by atoms with Gasteiger partial charge in [0.25, 0.3) is 5.91 Å². The average Bonchev–Trinajstić information content (AvgIpc) is 3.09. The van der Waals surface area contributed by atoms with E-state index >= 15 is 0 Å². The molecule has 0 radical (unpaired) electrons. The molecule has 0 N–H and O–H groups in total. The second-order valence-electron chi connectivity index (χ2n) is 7.68. The van der Waals surface area contributed by atoms with Crippen LogP contribution in [0.2, 0.25) is 0 Å². The first-order valence-corrected chi connectivity index (χ1v) is 10.2. The van der Waals surface area contributed by atoms with Crippen molar-refractivity contribution in [3.05, 3.63) is 82.2 Å². The van der Waals surface area contributed by atoms with Gasteiger partial charge in [0.2, 0.25) is 0 Å². The third kappa shape index (κ3) is 4.24.